The number of nitrogens with one attached hydrogen (secondary N) is 2. The van der Waals surface area contributed by atoms with E-state index in [-0.39, 0.29) is 0 Å². The molecule has 0 aliphatic carbocycles. The highest BCUT2D eigenvalue weighted by Gasteiger charge is 2.09. The number of carbonyl (C=O) groups is 1. The molecule has 0 amide bonds. The molecule has 0 spiro atoms. The van der Waals surface area contributed by atoms with Crippen LogP contribution in [0.3, 0.4) is 0 Å². The highest BCUT2D eigenvalue weighted by Crippen LogP contribution is 2.00. The van der Waals surface area contributed by atoms with Crippen LogP contribution in [0.25, 0.3) is 0 Å². The van der Waals surface area contributed by atoms with Crippen molar-refractivity contribution in [1.82, 2.24) is 5.32 Å². The largest absolute Gasteiger partial charge is 0.480 e. The Kier molecular flexibility index (Phi) is 7.49. The number of carboxylic acid groups (broad SMARTS) is 1. The fourth-order valence-corrected chi connectivity index (χ4v) is 1.05. The third-order valence-corrected chi connectivity index (χ3v) is 1.94. The van der Waals surface area contributed by atoms with E-state index in [0.717, 1.165) is 12.1 Å². The van der Waals surface area contributed by atoms with Gasteiger partial charge in [0.15, 0.2) is 0 Å². The average molecular weight is 213 g/mol. The first-order valence-electron chi connectivity index (χ1n) is 4.91. The second-order valence-electron chi connectivity index (χ2n) is 3.41. The molecule has 0 saturated carbocycles. The molecule has 0 aliphatic heterocycles. The van der Waals surface area contributed by atoms with Crippen molar-refractivity contribution in [2.24, 2.45) is 5.73 Å². The van der Waals surface area contributed by atoms with Gasteiger partial charge in [-0.1, -0.05) is 11.6 Å². The molecule has 0 unspecified atom stereocenters. The molecule has 5 N–H and O–H groups in total. The Hall–Kier alpha value is -1.20. The summed E-state index contributed by atoms with van der Waals surface area (Å²) >= 11 is 0. The molecule has 0 bridgehead atoms. The third-order valence-electron chi connectivity index (χ3n) is 1.94. The van der Waals surface area contributed by atoms with Crippen LogP contribution in [0.5, 0.6) is 0 Å². The molecule has 15 heavy (non-hydrogen) atoms. The molecule has 5 heteroatoms. The van der Waals surface area contributed by atoms with Gasteiger partial charge in [-0.2, -0.15) is 0 Å². The summed E-state index contributed by atoms with van der Waals surface area (Å²) in [7, 11) is 0. The highest BCUT2D eigenvalue weighted by molar-refractivity contribution is 5.72. The lowest BCUT2D eigenvalue weighted by molar-refractivity contribution is -0.138. The van der Waals surface area contributed by atoms with E-state index in [4.69, 9.17) is 16.2 Å². The van der Waals surface area contributed by atoms with Crippen LogP contribution < -0.4 is 11.1 Å². The second kappa shape index (κ2) is 8.14. The van der Waals surface area contributed by atoms with Crippen LogP contribution in [0.2, 0.25) is 0 Å². The molecular weight excluding hydrogens is 194 g/mol. The lowest BCUT2D eigenvalue weighted by Crippen LogP contribution is -2.29. The molecule has 86 valence electrons. The summed E-state index contributed by atoms with van der Waals surface area (Å²) in [6.07, 6.45) is 4.40. The molecule has 0 rings (SSSR count). The smallest absolute Gasteiger partial charge is 0.320 e. The van der Waals surface area contributed by atoms with E-state index in [1.807, 2.05) is 13.0 Å². The summed E-state index contributed by atoms with van der Waals surface area (Å²) in [5.41, 5.74) is 6.48. The number of allylic oxidation sites excluding steroid dienone is 1. The van der Waals surface area contributed by atoms with Gasteiger partial charge in [0.25, 0.3) is 0 Å². The second-order valence-corrected chi connectivity index (χ2v) is 3.41. The zero-order chi connectivity index (χ0) is 11.7. The van der Waals surface area contributed by atoms with Crippen molar-refractivity contribution in [1.29, 1.82) is 5.41 Å². The quantitative estimate of drug-likeness (QED) is 0.266. The summed E-state index contributed by atoms with van der Waals surface area (Å²) < 4.78 is 0. The zero-order valence-corrected chi connectivity index (χ0v) is 8.99. The topological polar surface area (TPSA) is 99.2 Å². The van der Waals surface area contributed by atoms with Crippen LogP contribution in [-0.2, 0) is 4.79 Å². The Balaban J connectivity index is 3.66. The van der Waals surface area contributed by atoms with Gasteiger partial charge in [0.05, 0.1) is 0 Å². The Morgan fingerprint density at radius 2 is 2.33 bits per heavy atom. The molecule has 0 aromatic carbocycles. The van der Waals surface area contributed by atoms with Crippen LogP contribution in [-0.4, -0.2) is 36.4 Å². The predicted octanol–water partition coefficient (Wildman–Crippen LogP) is 0.364. The van der Waals surface area contributed by atoms with Crippen LogP contribution in [0.4, 0.5) is 0 Å². The molecule has 0 saturated heterocycles. The minimum Gasteiger partial charge on any atom is -0.480 e. The van der Waals surface area contributed by atoms with E-state index in [2.05, 4.69) is 5.32 Å². The Morgan fingerprint density at radius 3 is 2.87 bits per heavy atom. The van der Waals surface area contributed by atoms with Crippen LogP contribution >= 0.6 is 0 Å². The summed E-state index contributed by atoms with van der Waals surface area (Å²) in [5, 5.41) is 18.4. The molecule has 0 fully saturated rings. The first-order valence-corrected chi connectivity index (χ1v) is 4.91. The van der Waals surface area contributed by atoms with E-state index in [9.17, 15) is 4.79 Å². The Bertz CT molecular complexity index is 239. The van der Waals surface area contributed by atoms with Crippen molar-refractivity contribution in [3.05, 3.63) is 11.6 Å². The lowest BCUT2D eigenvalue weighted by atomic mass is 10.1. The highest BCUT2D eigenvalue weighted by atomic mass is 16.4. The standard InChI is InChI=1S/C10H19N3O2/c1-8(7-13-6-5-11)3-2-4-9(12)10(14)15/h3,5,9,11,13H,2,4,6-7,12H2,1H3,(H,14,15)/b8-3+,11-5?/t9-/m0/s1. The van der Waals surface area contributed by atoms with Crippen molar-refractivity contribution in [2.75, 3.05) is 13.1 Å². The van der Waals surface area contributed by atoms with Gasteiger partial charge in [-0.05, 0) is 19.8 Å². The van der Waals surface area contributed by atoms with Crippen LogP contribution in [0.15, 0.2) is 11.6 Å². The molecular formula is C10H19N3O2. The number of rotatable bonds is 8. The maximum Gasteiger partial charge on any atom is 0.320 e. The number of nitrogens with two attached hydrogens (primary N) is 1. The maximum absolute atomic E-state index is 10.4. The van der Waals surface area contributed by atoms with Gasteiger partial charge in [0.1, 0.15) is 6.04 Å². The van der Waals surface area contributed by atoms with Gasteiger partial charge in [-0.25, -0.2) is 0 Å². The summed E-state index contributed by atoms with van der Waals surface area (Å²) in [5.74, 6) is -0.956. The Morgan fingerprint density at radius 1 is 1.67 bits per heavy atom. The average Bonchev–Trinajstić information content (AvgIpc) is 2.18. The molecule has 5 nitrogen and oxygen atoms in total. The van der Waals surface area contributed by atoms with Gasteiger partial charge < -0.3 is 21.6 Å². The van der Waals surface area contributed by atoms with E-state index >= 15 is 0 Å². The van der Waals surface area contributed by atoms with Gasteiger partial charge in [-0.3, -0.25) is 4.79 Å². The molecule has 0 aromatic heterocycles. The van der Waals surface area contributed by atoms with Crippen molar-refractivity contribution in [2.45, 2.75) is 25.8 Å². The monoisotopic (exact) mass is 213 g/mol. The van der Waals surface area contributed by atoms with Crippen LogP contribution in [0, 0.1) is 5.41 Å². The Labute approximate surface area is 89.9 Å². The number of hydrogen-bond acceptors (Lipinski definition) is 4. The van der Waals surface area contributed by atoms with Crippen molar-refractivity contribution in [3.63, 3.8) is 0 Å². The summed E-state index contributed by atoms with van der Waals surface area (Å²) in [4.78, 5) is 10.4. The van der Waals surface area contributed by atoms with E-state index in [1.54, 1.807) is 0 Å². The molecule has 0 radical (unpaired) electrons. The SMILES string of the molecule is C/C(=C\CC[C@H](N)C(=O)O)CNCC=N. The van der Waals surface area contributed by atoms with Gasteiger partial charge in [-0.15, -0.1) is 0 Å². The molecule has 0 heterocycles. The van der Waals surface area contributed by atoms with E-state index in [0.29, 0.717) is 19.4 Å². The third kappa shape index (κ3) is 7.84. The number of aliphatic carboxylic acids is 1. The van der Waals surface area contributed by atoms with Gasteiger partial charge in [0.2, 0.25) is 0 Å². The first kappa shape index (κ1) is 13.8. The minimum absolute atomic E-state index is 0.456. The first-order chi connectivity index (χ1) is 7.07. The molecule has 1 atom stereocenters. The number of hydrogen-bond donors (Lipinski definition) is 4. The van der Waals surface area contributed by atoms with Crippen LogP contribution in [0.1, 0.15) is 19.8 Å². The maximum atomic E-state index is 10.4. The lowest BCUT2D eigenvalue weighted by Gasteiger charge is -2.04. The van der Waals surface area contributed by atoms with Gasteiger partial charge in [0, 0.05) is 19.3 Å². The fourth-order valence-electron chi connectivity index (χ4n) is 1.05. The van der Waals surface area contributed by atoms with E-state index < -0.39 is 12.0 Å². The van der Waals surface area contributed by atoms with Gasteiger partial charge >= 0.3 is 5.97 Å². The summed E-state index contributed by atoms with van der Waals surface area (Å²) in [6.45, 7) is 3.24. The van der Waals surface area contributed by atoms with Crippen molar-refractivity contribution in [3.8, 4) is 0 Å². The fraction of sp³-hybridized carbons (Fsp3) is 0.600. The normalized spacial score (nSPS) is 13.6. The zero-order valence-electron chi connectivity index (χ0n) is 8.99. The molecule has 0 aliphatic rings. The van der Waals surface area contributed by atoms with Crippen molar-refractivity contribution < 1.29 is 9.90 Å². The van der Waals surface area contributed by atoms with E-state index in [1.165, 1.54) is 6.21 Å². The van der Waals surface area contributed by atoms with Crippen molar-refractivity contribution >= 4 is 12.2 Å². The summed E-state index contributed by atoms with van der Waals surface area (Å²) in [6, 6.07) is -0.774. The predicted molar refractivity (Wildman–Crippen MR) is 60.3 cm³/mol. The number of carboxylic acids is 1. The molecule has 0 aromatic rings. The minimum atomic E-state index is -0.956.